The van der Waals surface area contributed by atoms with E-state index >= 15 is 0 Å². The molecule has 1 fully saturated rings. The number of hydrogen-bond donors (Lipinski definition) is 1. The molecule has 0 radical (unpaired) electrons. The summed E-state index contributed by atoms with van der Waals surface area (Å²) >= 11 is 1.32. The summed E-state index contributed by atoms with van der Waals surface area (Å²) in [5, 5.41) is 3.86. The molecular weight excluding hydrogens is 484 g/mol. The first-order valence-electron chi connectivity index (χ1n) is 12.0. The number of anilines is 2. The molecule has 8 heteroatoms. The van der Waals surface area contributed by atoms with E-state index in [0.717, 1.165) is 22.7 Å². The molecular formula is C29H30N4O3S. The van der Waals surface area contributed by atoms with Crippen LogP contribution in [0.3, 0.4) is 0 Å². The first-order chi connectivity index (χ1) is 17.9. The van der Waals surface area contributed by atoms with E-state index in [0.29, 0.717) is 34.4 Å². The number of nitrogens with zero attached hydrogens (tertiary/aromatic N) is 3. The van der Waals surface area contributed by atoms with Crippen molar-refractivity contribution >= 4 is 45.7 Å². The monoisotopic (exact) mass is 514 g/mol. The van der Waals surface area contributed by atoms with Crippen molar-refractivity contribution in [2.75, 3.05) is 30.9 Å². The number of carbonyl (C=O) groups excluding carboxylic acids is 2. The number of nitrogens with one attached hydrogen (secondary N) is 1. The molecule has 0 aromatic heterocycles. The van der Waals surface area contributed by atoms with Gasteiger partial charge in [-0.15, -0.1) is 0 Å². The van der Waals surface area contributed by atoms with Gasteiger partial charge in [-0.25, -0.2) is 4.99 Å². The first-order valence-corrected chi connectivity index (χ1v) is 12.8. The van der Waals surface area contributed by atoms with Gasteiger partial charge in [0, 0.05) is 37.1 Å². The number of Topliss-reactive ketones (excluding diaryl/α,β-unsaturated/α-hetero) is 1. The molecule has 4 rings (SSSR count). The van der Waals surface area contributed by atoms with Gasteiger partial charge in [0.15, 0.2) is 11.0 Å². The van der Waals surface area contributed by atoms with Crippen LogP contribution in [0.15, 0.2) is 88.9 Å². The van der Waals surface area contributed by atoms with E-state index in [1.54, 1.807) is 24.1 Å². The lowest BCUT2D eigenvalue weighted by atomic mass is 10.1. The van der Waals surface area contributed by atoms with Crippen molar-refractivity contribution in [3.05, 3.63) is 95.0 Å². The average molecular weight is 515 g/mol. The molecule has 0 aliphatic carbocycles. The summed E-state index contributed by atoms with van der Waals surface area (Å²) in [5.74, 6) is 0.568. The van der Waals surface area contributed by atoms with Crippen molar-refractivity contribution in [2.45, 2.75) is 20.4 Å². The number of ketones is 1. The number of thioether (sulfide) groups is 1. The molecule has 0 unspecified atom stereocenters. The molecule has 3 aromatic rings. The molecule has 3 aromatic carbocycles. The minimum atomic E-state index is -0.130. The standard InChI is InChI=1S/C29H30N4O3S/c1-5-30-25-15-14-22(20(2)34)16-26(25)31-29-33(18-21-10-7-6-8-11-21)28(35)27(37-29)19-32(3)23-12-9-13-24(17-23)36-4/h6-17,19,30H,5,18H2,1-4H3/b27-19-,31-29-. The molecule has 0 spiro atoms. The minimum absolute atomic E-state index is 0.0405. The summed E-state index contributed by atoms with van der Waals surface area (Å²) in [7, 11) is 3.52. The molecule has 1 heterocycles. The van der Waals surface area contributed by atoms with Crippen LogP contribution in [0.5, 0.6) is 5.75 Å². The number of rotatable bonds is 9. The predicted octanol–water partition coefficient (Wildman–Crippen LogP) is 6.07. The Balaban J connectivity index is 1.74. The van der Waals surface area contributed by atoms with E-state index in [9.17, 15) is 9.59 Å². The Morgan fingerprint density at radius 3 is 2.59 bits per heavy atom. The summed E-state index contributed by atoms with van der Waals surface area (Å²) in [5.41, 5.74) is 3.88. The second-order valence-electron chi connectivity index (χ2n) is 8.50. The van der Waals surface area contributed by atoms with Crippen molar-refractivity contribution in [1.29, 1.82) is 0 Å². The van der Waals surface area contributed by atoms with Gasteiger partial charge < -0.3 is 15.0 Å². The van der Waals surface area contributed by atoms with Gasteiger partial charge >= 0.3 is 0 Å². The van der Waals surface area contributed by atoms with Crippen LogP contribution in [-0.2, 0) is 11.3 Å². The summed E-state index contributed by atoms with van der Waals surface area (Å²) in [6.45, 7) is 4.62. The first kappa shape index (κ1) is 26.0. The van der Waals surface area contributed by atoms with Crippen molar-refractivity contribution in [3.8, 4) is 5.75 Å². The fourth-order valence-corrected chi connectivity index (χ4v) is 4.86. The quantitative estimate of drug-likeness (QED) is 0.276. The van der Waals surface area contributed by atoms with Gasteiger partial charge in [-0.05, 0) is 61.5 Å². The van der Waals surface area contributed by atoms with Crippen LogP contribution in [0.4, 0.5) is 17.1 Å². The number of ether oxygens (including phenoxy) is 1. The summed E-state index contributed by atoms with van der Waals surface area (Å²) < 4.78 is 5.34. The number of amidine groups is 1. The van der Waals surface area contributed by atoms with Crippen LogP contribution in [-0.4, -0.2) is 42.5 Å². The number of carbonyl (C=O) groups is 2. The van der Waals surface area contributed by atoms with Crippen molar-refractivity contribution in [1.82, 2.24) is 4.90 Å². The fraction of sp³-hybridized carbons (Fsp3) is 0.207. The molecule has 1 amide bonds. The third-order valence-corrected chi connectivity index (χ3v) is 6.82. The van der Waals surface area contributed by atoms with Crippen LogP contribution < -0.4 is 15.0 Å². The Labute approximate surface area is 221 Å². The van der Waals surface area contributed by atoms with Crippen LogP contribution >= 0.6 is 11.8 Å². The second kappa shape index (κ2) is 11.8. The highest BCUT2D eigenvalue weighted by atomic mass is 32.2. The predicted molar refractivity (Wildman–Crippen MR) is 152 cm³/mol. The smallest absolute Gasteiger partial charge is 0.268 e. The zero-order valence-electron chi connectivity index (χ0n) is 21.4. The maximum atomic E-state index is 13.6. The maximum absolute atomic E-state index is 13.6. The van der Waals surface area contributed by atoms with Crippen molar-refractivity contribution < 1.29 is 14.3 Å². The molecule has 0 bridgehead atoms. The summed E-state index contributed by atoms with van der Waals surface area (Å²) in [6, 6.07) is 22.9. The number of amides is 1. The zero-order chi connectivity index (χ0) is 26.4. The van der Waals surface area contributed by atoms with Gasteiger partial charge in [-0.3, -0.25) is 14.5 Å². The third-order valence-electron chi connectivity index (χ3n) is 5.83. The molecule has 0 saturated carbocycles. The van der Waals surface area contributed by atoms with E-state index in [4.69, 9.17) is 9.73 Å². The molecule has 0 atom stereocenters. The lowest BCUT2D eigenvalue weighted by Gasteiger charge is -2.17. The Hall–Kier alpha value is -4.04. The highest BCUT2D eigenvalue weighted by Crippen LogP contribution is 2.37. The zero-order valence-corrected chi connectivity index (χ0v) is 22.2. The van der Waals surface area contributed by atoms with Gasteiger partial charge in [0.1, 0.15) is 5.75 Å². The normalized spacial score (nSPS) is 15.4. The van der Waals surface area contributed by atoms with Crippen LogP contribution in [0.2, 0.25) is 0 Å². The van der Waals surface area contributed by atoms with Crippen LogP contribution in [0, 0.1) is 0 Å². The Kier molecular flexibility index (Phi) is 8.30. The number of aliphatic imine (C=N–C) groups is 1. The number of methoxy groups -OCH3 is 1. The molecule has 1 aliphatic heterocycles. The molecule has 1 aliphatic rings. The lowest BCUT2D eigenvalue weighted by Crippen LogP contribution is -2.28. The van der Waals surface area contributed by atoms with Crippen molar-refractivity contribution in [3.63, 3.8) is 0 Å². The van der Waals surface area contributed by atoms with E-state index < -0.39 is 0 Å². The Morgan fingerprint density at radius 1 is 1.11 bits per heavy atom. The minimum Gasteiger partial charge on any atom is -0.497 e. The van der Waals surface area contributed by atoms with E-state index in [2.05, 4.69) is 5.32 Å². The summed E-state index contributed by atoms with van der Waals surface area (Å²) in [4.78, 5) is 34.7. The average Bonchev–Trinajstić information content (AvgIpc) is 3.19. The Bertz CT molecular complexity index is 1350. The molecule has 190 valence electrons. The fourth-order valence-electron chi connectivity index (χ4n) is 3.85. The Morgan fingerprint density at radius 2 is 1.89 bits per heavy atom. The highest BCUT2D eigenvalue weighted by molar-refractivity contribution is 8.18. The molecule has 37 heavy (non-hydrogen) atoms. The van der Waals surface area contributed by atoms with Crippen LogP contribution in [0.1, 0.15) is 29.8 Å². The largest absolute Gasteiger partial charge is 0.497 e. The van der Waals surface area contributed by atoms with Crippen LogP contribution in [0.25, 0.3) is 0 Å². The van der Waals surface area contributed by atoms with E-state index in [1.165, 1.54) is 18.7 Å². The van der Waals surface area contributed by atoms with E-state index in [1.807, 2.05) is 85.7 Å². The lowest BCUT2D eigenvalue weighted by molar-refractivity contribution is -0.122. The SMILES string of the molecule is CCNc1ccc(C(C)=O)cc1/N=C1\S/C(=C\N(C)c2cccc(OC)c2)C(=O)N1Cc1ccccc1. The molecule has 7 nitrogen and oxygen atoms in total. The maximum Gasteiger partial charge on any atom is 0.268 e. The van der Waals surface area contributed by atoms with Gasteiger partial charge in [0.2, 0.25) is 0 Å². The molecule has 1 saturated heterocycles. The number of hydrogen-bond acceptors (Lipinski definition) is 7. The van der Waals surface area contributed by atoms with Gasteiger partial charge in [0.25, 0.3) is 5.91 Å². The van der Waals surface area contributed by atoms with E-state index in [-0.39, 0.29) is 11.7 Å². The molecule has 1 N–H and O–H groups in total. The number of benzene rings is 3. The summed E-state index contributed by atoms with van der Waals surface area (Å²) in [6.07, 6.45) is 1.82. The van der Waals surface area contributed by atoms with Gasteiger partial charge in [-0.1, -0.05) is 36.4 Å². The highest BCUT2D eigenvalue weighted by Gasteiger charge is 2.34. The van der Waals surface area contributed by atoms with Crippen molar-refractivity contribution in [2.24, 2.45) is 4.99 Å². The van der Waals surface area contributed by atoms with Gasteiger partial charge in [0.05, 0.1) is 29.9 Å². The second-order valence-corrected chi connectivity index (χ2v) is 9.51. The third kappa shape index (κ3) is 6.21. The topological polar surface area (TPSA) is 74.2 Å². The van der Waals surface area contributed by atoms with Gasteiger partial charge in [-0.2, -0.15) is 0 Å².